The molecular weight excluding hydrogens is 266 g/mol. The van der Waals surface area contributed by atoms with E-state index in [1.54, 1.807) is 6.26 Å². The average molecular weight is 282 g/mol. The zero-order valence-electron chi connectivity index (χ0n) is 8.37. The molecule has 14 heavy (non-hydrogen) atoms. The standard InChI is InChI=1S/C9H16BrNO2S/c1-14(13)7-3-6-11-5-2-4-8(10)9(11)12/h8H,2-7H2,1H3. The molecule has 1 aliphatic rings. The van der Waals surface area contributed by atoms with Crippen molar-refractivity contribution in [1.82, 2.24) is 4.90 Å². The number of likely N-dealkylation sites (tertiary alicyclic amines) is 1. The van der Waals surface area contributed by atoms with E-state index in [1.807, 2.05) is 4.90 Å². The number of halogens is 1. The summed E-state index contributed by atoms with van der Waals surface area (Å²) in [6.07, 6.45) is 4.55. The first-order valence-electron chi connectivity index (χ1n) is 4.84. The molecule has 2 atom stereocenters. The molecule has 1 amide bonds. The van der Waals surface area contributed by atoms with Crippen LogP contribution in [0.2, 0.25) is 0 Å². The van der Waals surface area contributed by atoms with Gasteiger partial charge in [-0.15, -0.1) is 0 Å². The number of alkyl halides is 1. The van der Waals surface area contributed by atoms with Crippen LogP contribution in [-0.4, -0.2) is 44.9 Å². The maximum Gasteiger partial charge on any atom is 0.236 e. The number of nitrogens with zero attached hydrogens (tertiary/aromatic N) is 1. The number of rotatable bonds is 4. The average Bonchev–Trinajstić information content (AvgIpc) is 2.12. The lowest BCUT2D eigenvalue weighted by Gasteiger charge is -2.29. The van der Waals surface area contributed by atoms with Gasteiger partial charge in [0.2, 0.25) is 5.91 Å². The van der Waals surface area contributed by atoms with Crippen LogP contribution in [0.1, 0.15) is 19.3 Å². The van der Waals surface area contributed by atoms with E-state index in [9.17, 15) is 9.00 Å². The number of hydrogen-bond acceptors (Lipinski definition) is 2. The van der Waals surface area contributed by atoms with Crippen molar-refractivity contribution < 1.29 is 9.00 Å². The molecule has 1 saturated heterocycles. The van der Waals surface area contributed by atoms with Crippen molar-refractivity contribution in [3.05, 3.63) is 0 Å². The molecule has 1 fully saturated rings. The Morgan fingerprint density at radius 3 is 3.00 bits per heavy atom. The summed E-state index contributed by atoms with van der Waals surface area (Å²) in [5.74, 6) is 0.884. The fourth-order valence-corrected chi connectivity index (χ4v) is 2.72. The van der Waals surface area contributed by atoms with E-state index in [2.05, 4.69) is 15.9 Å². The smallest absolute Gasteiger partial charge is 0.236 e. The minimum atomic E-state index is -0.740. The zero-order valence-corrected chi connectivity index (χ0v) is 10.8. The monoisotopic (exact) mass is 281 g/mol. The molecule has 0 aromatic rings. The molecule has 1 aliphatic heterocycles. The quantitative estimate of drug-likeness (QED) is 0.725. The summed E-state index contributed by atoms with van der Waals surface area (Å²) < 4.78 is 10.8. The van der Waals surface area contributed by atoms with Crippen LogP contribution in [0, 0.1) is 0 Å². The molecule has 0 saturated carbocycles. The lowest BCUT2D eigenvalue weighted by Crippen LogP contribution is -2.42. The van der Waals surface area contributed by atoms with Crippen molar-refractivity contribution in [2.75, 3.05) is 25.1 Å². The number of carbonyl (C=O) groups excluding carboxylic acids is 1. The van der Waals surface area contributed by atoms with Gasteiger partial charge in [0.05, 0.1) is 4.83 Å². The molecule has 0 aliphatic carbocycles. The van der Waals surface area contributed by atoms with Crippen molar-refractivity contribution in [3.8, 4) is 0 Å². The summed E-state index contributed by atoms with van der Waals surface area (Å²) in [5, 5.41) is 0. The van der Waals surface area contributed by atoms with Crippen molar-refractivity contribution in [2.24, 2.45) is 0 Å². The van der Waals surface area contributed by atoms with E-state index in [-0.39, 0.29) is 10.7 Å². The number of carbonyl (C=O) groups is 1. The lowest BCUT2D eigenvalue weighted by molar-refractivity contribution is -0.132. The minimum absolute atomic E-state index is 0.00312. The molecule has 0 spiro atoms. The highest BCUT2D eigenvalue weighted by Gasteiger charge is 2.25. The summed E-state index contributed by atoms with van der Waals surface area (Å²) in [7, 11) is -0.740. The first-order valence-corrected chi connectivity index (χ1v) is 7.48. The molecule has 0 bridgehead atoms. The third kappa shape index (κ3) is 3.69. The summed E-state index contributed by atoms with van der Waals surface area (Å²) in [6, 6.07) is 0. The Kier molecular flexibility index (Phi) is 5.09. The molecule has 1 rings (SSSR count). The molecule has 5 heteroatoms. The highest BCUT2D eigenvalue weighted by atomic mass is 79.9. The third-order valence-electron chi connectivity index (χ3n) is 2.33. The molecule has 0 aromatic carbocycles. The predicted molar refractivity (Wildman–Crippen MR) is 62.1 cm³/mol. The Labute approximate surface area is 95.8 Å². The molecule has 1 heterocycles. The van der Waals surface area contributed by atoms with Crippen LogP contribution in [0.3, 0.4) is 0 Å². The highest BCUT2D eigenvalue weighted by molar-refractivity contribution is 9.10. The molecule has 0 aromatic heterocycles. The van der Waals surface area contributed by atoms with Gasteiger partial charge in [0.1, 0.15) is 0 Å². The SMILES string of the molecule is CS(=O)CCCN1CCCC(Br)C1=O. The molecule has 0 radical (unpaired) electrons. The second kappa shape index (κ2) is 5.85. The summed E-state index contributed by atoms with van der Waals surface area (Å²) >= 11 is 3.36. The van der Waals surface area contributed by atoms with Gasteiger partial charge < -0.3 is 4.90 Å². The molecular formula is C9H16BrNO2S. The first-order chi connectivity index (χ1) is 6.61. The Morgan fingerprint density at radius 1 is 1.64 bits per heavy atom. The van der Waals surface area contributed by atoms with Crippen LogP contribution in [0.4, 0.5) is 0 Å². The molecule has 82 valence electrons. The zero-order chi connectivity index (χ0) is 10.6. The van der Waals surface area contributed by atoms with Crippen LogP contribution in [0.25, 0.3) is 0 Å². The Hall–Kier alpha value is 0.1000. The van der Waals surface area contributed by atoms with Gasteiger partial charge in [0, 0.05) is 35.9 Å². The Morgan fingerprint density at radius 2 is 2.36 bits per heavy atom. The van der Waals surface area contributed by atoms with Gasteiger partial charge in [-0.2, -0.15) is 0 Å². The van der Waals surface area contributed by atoms with Crippen molar-refractivity contribution in [1.29, 1.82) is 0 Å². The Balaban J connectivity index is 2.29. The third-order valence-corrected chi connectivity index (χ3v) is 4.04. The fraction of sp³-hybridized carbons (Fsp3) is 0.889. The van der Waals surface area contributed by atoms with E-state index in [0.717, 1.165) is 32.4 Å². The predicted octanol–water partition coefficient (Wildman–Crippen LogP) is 1.14. The second-order valence-corrected chi connectivity index (χ2v) is 6.23. The molecule has 3 nitrogen and oxygen atoms in total. The Bertz CT molecular complexity index is 235. The summed E-state index contributed by atoms with van der Waals surface area (Å²) in [4.78, 5) is 13.5. The topological polar surface area (TPSA) is 37.4 Å². The summed E-state index contributed by atoms with van der Waals surface area (Å²) in [5.41, 5.74) is 0. The van der Waals surface area contributed by atoms with Crippen LogP contribution in [0.5, 0.6) is 0 Å². The second-order valence-electron chi connectivity index (χ2n) is 3.57. The van der Waals surface area contributed by atoms with Crippen LogP contribution >= 0.6 is 15.9 Å². The van der Waals surface area contributed by atoms with Crippen molar-refractivity contribution >= 4 is 32.6 Å². The highest BCUT2D eigenvalue weighted by Crippen LogP contribution is 2.18. The van der Waals surface area contributed by atoms with Gasteiger partial charge in [-0.05, 0) is 19.3 Å². The first kappa shape index (κ1) is 12.2. The van der Waals surface area contributed by atoms with Crippen LogP contribution in [-0.2, 0) is 15.6 Å². The number of hydrogen-bond donors (Lipinski definition) is 0. The normalized spacial score (nSPS) is 25.1. The van der Waals surface area contributed by atoms with Gasteiger partial charge >= 0.3 is 0 Å². The van der Waals surface area contributed by atoms with Gasteiger partial charge in [-0.1, -0.05) is 15.9 Å². The van der Waals surface area contributed by atoms with E-state index in [0.29, 0.717) is 5.75 Å². The van der Waals surface area contributed by atoms with E-state index >= 15 is 0 Å². The van der Waals surface area contributed by atoms with Gasteiger partial charge in [-0.25, -0.2) is 0 Å². The maximum absolute atomic E-state index is 11.6. The summed E-state index contributed by atoms with van der Waals surface area (Å²) in [6.45, 7) is 1.61. The van der Waals surface area contributed by atoms with Crippen molar-refractivity contribution in [3.63, 3.8) is 0 Å². The number of amides is 1. The van der Waals surface area contributed by atoms with Gasteiger partial charge in [0.15, 0.2) is 0 Å². The van der Waals surface area contributed by atoms with Gasteiger partial charge in [0.25, 0.3) is 0 Å². The molecule has 2 unspecified atom stereocenters. The van der Waals surface area contributed by atoms with E-state index in [4.69, 9.17) is 0 Å². The lowest BCUT2D eigenvalue weighted by atomic mass is 10.1. The largest absolute Gasteiger partial charge is 0.342 e. The van der Waals surface area contributed by atoms with Crippen molar-refractivity contribution in [2.45, 2.75) is 24.1 Å². The van der Waals surface area contributed by atoms with E-state index in [1.165, 1.54) is 0 Å². The van der Waals surface area contributed by atoms with Gasteiger partial charge in [-0.3, -0.25) is 9.00 Å². The van der Waals surface area contributed by atoms with E-state index < -0.39 is 10.8 Å². The van der Waals surface area contributed by atoms with Crippen LogP contribution in [0.15, 0.2) is 0 Å². The fourth-order valence-electron chi connectivity index (χ4n) is 1.57. The minimum Gasteiger partial charge on any atom is -0.342 e. The van der Waals surface area contributed by atoms with Crippen LogP contribution < -0.4 is 0 Å². The molecule has 0 N–H and O–H groups in total. The number of piperidine rings is 1. The maximum atomic E-state index is 11.6.